The van der Waals surface area contributed by atoms with Crippen molar-refractivity contribution in [3.8, 4) is 22.7 Å². The highest BCUT2D eigenvalue weighted by molar-refractivity contribution is 5.87. The number of pyridine rings is 2. The Kier molecular flexibility index (Phi) is 8.15. The molecule has 1 fully saturated rings. The summed E-state index contributed by atoms with van der Waals surface area (Å²) in [6.07, 6.45) is 3.10. The van der Waals surface area contributed by atoms with Crippen LogP contribution in [0.1, 0.15) is 49.9 Å². The van der Waals surface area contributed by atoms with Gasteiger partial charge in [-0.25, -0.2) is 20.3 Å². The Morgan fingerprint density at radius 2 is 1.98 bits per heavy atom. The van der Waals surface area contributed by atoms with Crippen LogP contribution in [0.4, 0.5) is 8.78 Å². The lowest BCUT2D eigenvalue weighted by Gasteiger charge is -2.37. The first-order chi connectivity index (χ1) is 21.0. The predicted octanol–water partition coefficient (Wildman–Crippen LogP) is 4.66. The van der Waals surface area contributed by atoms with Crippen LogP contribution in [0.2, 0.25) is 0 Å². The molecule has 0 saturated carbocycles. The zero-order valence-electron chi connectivity index (χ0n) is 24.4. The lowest BCUT2D eigenvalue weighted by Crippen LogP contribution is -2.50. The third-order valence-corrected chi connectivity index (χ3v) is 7.98. The number of fused-ring (bicyclic) bond motifs is 1. The molecule has 1 unspecified atom stereocenters. The standard InChI is InChI=1S/C32H30F2N6O4/c1-6-25(42)38-13-11-19(14-20(38)16-35-5)39-23-15-22(34)28(26-21(33)8-7-9-24(26)41)37-30(23)40(32(44)31(39)43)29-18(4)10-12-36-27(29)17(2)3/h6-10,12,15,17,19-20,41H,1,11,13-14,16H2,2-4H3/t19?,20-/m0/s1. The van der Waals surface area contributed by atoms with Gasteiger partial charge in [-0.05, 0) is 55.5 Å². The van der Waals surface area contributed by atoms with Crippen LogP contribution >= 0.6 is 0 Å². The highest BCUT2D eigenvalue weighted by Crippen LogP contribution is 2.36. The molecule has 3 aromatic heterocycles. The van der Waals surface area contributed by atoms with Crippen molar-refractivity contribution in [2.75, 3.05) is 13.1 Å². The third kappa shape index (κ3) is 5.04. The van der Waals surface area contributed by atoms with Crippen LogP contribution in [0.25, 0.3) is 33.0 Å². The van der Waals surface area contributed by atoms with Crippen LogP contribution in [0.5, 0.6) is 5.75 Å². The maximum absolute atomic E-state index is 15.9. The van der Waals surface area contributed by atoms with Crippen LogP contribution in [0.3, 0.4) is 0 Å². The van der Waals surface area contributed by atoms with E-state index in [1.54, 1.807) is 19.2 Å². The van der Waals surface area contributed by atoms with Crippen molar-refractivity contribution in [2.45, 2.75) is 51.6 Å². The first-order valence-electron chi connectivity index (χ1n) is 14.1. The Bertz CT molecular complexity index is 1960. The summed E-state index contributed by atoms with van der Waals surface area (Å²) in [6, 6.07) is 4.90. The van der Waals surface area contributed by atoms with E-state index in [0.717, 1.165) is 22.8 Å². The zero-order chi connectivity index (χ0) is 31.9. The normalized spacial score (nSPS) is 16.7. The van der Waals surface area contributed by atoms with E-state index in [-0.39, 0.29) is 48.9 Å². The van der Waals surface area contributed by atoms with Crippen molar-refractivity contribution in [3.05, 3.63) is 104 Å². The molecule has 4 heterocycles. The number of amides is 1. The van der Waals surface area contributed by atoms with E-state index in [0.29, 0.717) is 16.9 Å². The van der Waals surface area contributed by atoms with Crippen LogP contribution < -0.4 is 11.1 Å². The number of benzene rings is 1. The van der Waals surface area contributed by atoms with Crippen LogP contribution in [0, 0.1) is 25.1 Å². The second-order valence-corrected chi connectivity index (χ2v) is 11.0. The molecule has 1 aliphatic rings. The average molecular weight is 601 g/mol. The molecule has 0 bridgehead atoms. The van der Waals surface area contributed by atoms with E-state index in [1.807, 2.05) is 13.8 Å². The Morgan fingerprint density at radius 3 is 2.64 bits per heavy atom. The molecule has 1 amide bonds. The van der Waals surface area contributed by atoms with Gasteiger partial charge >= 0.3 is 11.1 Å². The minimum Gasteiger partial charge on any atom is -0.507 e. The summed E-state index contributed by atoms with van der Waals surface area (Å²) in [7, 11) is 0. The monoisotopic (exact) mass is 600 g/mol. The quantitative estimate of drug-likeness (QED) is 0.196. The number of likely N-dealkylation sites (tertiary alicyclic amines) is 1. The number of aromatic hydroxyl groups is 1. The molecule has 226 valence electrons. The third-order valence-electron chi connectivity index (χ3n) is 7.98. The number of phenols is 1. The molecule has 1 aliphatic heterocycles. The van der Waals surface area contributed by atoms with Gasteiger partial charge in [-0.2, -0.15) is 0 Å². The Balaban J connectivity index is 1.87. The summed E-state index contributed by atoms with van der Waals surface area (Å²) in [5.74, 6) is -3.06. The average Bonchev–Trinajstić information content (AvgIpc) is 2.98. The number of piperidine rings is 1. The van der Waals surface area contributed by atoms with Gasteiger partial charge in [0, 0.05) is 24.8 Å². The van der Waals surface area contributed by atoms with E-state index in [2.05, 4.69) is 21.4 Å². The molecule has 2 atom stereocenters. The summed E-state index contributed by atoms with van der Waals surface area (Å²) in [5.41, 5.74) is -1.78. The molecule has 1 N–H and O–H groups in total. The molecule has 0 spiro atoms. The Labute approximate surface area is 251 Å². The number of hydrogen-bond acceptors (Lipinski definition) is 6. The molecule has 44 heavy (non-hydrogen) atoms. The van der Waals surface area contributed by atoms with Crippen molar-refractivity contribution >= 4 is 17.1 Å². The van der Waals surface area contributed by atoms with Gasteiger partial charge in [0.05, 0.1) is 22.5 Å². The van der Waals surface area contributed by atoms with E-state index in [9.17, 15) is 23.9 Å². The van der Waals surface area contributed by atoms with Crippen molar-refractivity contribution in [1.82, 2.24) is 24.0 Å². The van der Waals surface area contributed by atoms with E-state index in [1.165, 1.54) is 21.6 Å². The van der Waals surface area contributed by atoms with Crippen molar-refractivity contribution in [1.29, 1.82) is 0 Å². The highest BCUT2D eigenvalue weighted by Gasteiger charge is 2.36. The first-order valence-corrected chi connectivity index (χ1v) is 14.1. The maximum Gasteiger partial charge on any atom is 0.322 e. The number of rotatable bonds is 6. The van der Waals surface area contributed by atoms with Gasteiger partial charge in [-0.1, -0.05) is 26.5 Å². The molecule has 0 aliphatic carbocycles. The largest absolute Gasteiger partial charge is 0.507 e. The molecule has 12 heteroatoms. The summed E-state index contributed by atoms with van der Waals surface area (Å²) in [5, 5.41) is 10.5. The molecule has 1 saturated heterocycles. The van der Waals surface area contributed by atoms with Gasteiger partial charge in [0.15, 0.2) is 11.5 Å². The van der Waals surface area contributed by atoms with Gasteiger partial charge in [0.1, 0.15) is 23.3 Å². The van der Waals surface area contributed by atoms with E-state index >= 15 is 4.39 Å². The van der Waals surface area contributed by atoms with Gasteiger partial charge < -0.3 is 14.9 Å². The van der Waals surface area contributed by atoms with Crippen molar-refractivity contribution < 1.29 is 18.7 Å². The highest BCUT2D eigenvalue weighted by atomic mass is 19.1. The molecule has 5 rings (SSSR count). The van der Waals surface area contributed by atoms with Gasteiger partial charge in [-0.15, -0.1) is 0 Å². The van der Waals surface area contributed by atoms with E-state index in [4.69, 9.17) is 6.57 Å². The fraction of sp³-hybridized carbons (Fsp3) is 0.312. The van der Waals surface area contributed by atoms with Crippen LogP contribution in [-0.4, -0.2) is 54.1 Å². The minimum absolute atomic E-state index is 0.0419. The number of carbonyl (C=O) groups excluding carboxylic acids is 1. The number of hydrogen-bond donors (Lipinski definition) is 1. The molecule has 4 aromatic rings. The number of nitrogens with zero attached hydrogens (tertiary/aromatic N) is 6. The SMILES string of the molecule is [C-]#[N+]C[C@@H]1CC(n2c(=O)c(=O)n(-c3c(C)ccnc3C(C)C)c3nc(-c4c(O)cccc4F)c(F)cc32)CCN1C(=O)C=C. The maximum atomic E-state index is 15.9. The Morgan fingerprint density at radius 1 is 1.23 bits per heavy atom. The van der Waals surface area contributed by atoms with Crippen LogP contribution in [0.15, 0.2) is 58.8 Å². The smallest absolute Gasteiger partial charge is 0.322 e. The first kappa shape index (κ1) is 30.3. The molecule has 0 radical (unpaired) electrons. The number of aromatic nitrogens is 4. The second-order valence-electron chi connectivity index (χ2n) is 11.0. The lowest BCUT2D eigenvalue weighted by atomic mass is 9.96. The van der Waals surface area contributed by atoms with Crippen molar-refractivity contribution in [2.24, 2.45) is 0 Å². The zero-order valence-corrected chi connectivity index (χ0v) is 24.4. The van der Waals surface area contributed by atoms with Gasteiger partial charge in [0.2, 0.25) is 12.5 Å². The number of phenolic OH excluding ortho intramolecular Hbond substituents is 1. The topological polar surface area (TPSA) is 115 Å². The number of carbonyl (C=O) groups is 1. The second kappa shape index (κ2) is 11.8. The van der Waals surface area contributed by atoms with Crippen molar-refractivity contribution in [3.63, 3.8) is 0 Å². The summed E-state index contributed by atoms with van der Waals surface area (Å²) in [4.78, 5) is 54.4. The summed E-state index contributed by atoms with van der Waals surface area (Å²) < 4.78 is 33.1. The number of aryl methyl sites for hydroxylation is 1. The summed E-state index contributed by atoms with van der Waals surface area (Å²) in [6.45, 7) is 16.5. The molecule has 10 nitrogen and oxygen atoms in total. The molecular weight excluding hydrogens is 570 g/mol. The van der Waals surface area contributed by atoms with Crippen LogP contribution in [-0.2, 0) is 4.79 Å². The fourth-order valence-corrected chi connectivity index (χ4v) is 5.94. The lowest BCUT2D eigenvalue weighted by molar-refractivity contribution is -0.129. The Hall–Kier alpha value is -5.18. The van der Waals surface area contributed by atoms with Gasteiger partial charge in [-0.3, -0.25) is 28.5 Å². The predicted molar refractivity (Wildman–Crippen MR) is 161 cm³/mol. The molecule has 1 aromatic carbocycles. The van der Waals surface area contributed by atoms with E-state index < -0.39 is 51.8 Å². The fourth-order valence-electron chi connectivity index (χ4n) is 5.94. The summed E-state index contributed by atoms with van der Waals surface area (Å²) >= 11 is 0. The minimum atomic E-state index is -1.03. The number of halogens is 2. The molecular formula is C32H30F2N6O4. The van der Waals surface area contributed by atoms with Gasteiger partial charge in [0.25, 0.3) is 0 Å².